The third-order valence-corrected chi connectivity index (χ3v) is 3.86. The standard InChI is InChI=1S/C17H17FN2O3S/c1-4-22-17(21)16(14-7-5-11(18)10-20-14)23-12-6-8-13(19-2)15(9-12)24-3/h5-10,16H,2,4H2,1,3H3. The molecule has 0 fully saturated rings. The SMILES string of the molecule is C=Nc1ccc(OC(C(=O)OCC)c2ccc(F)cn2)cc1SC. The molecule has 0 bridgehead atoms. The van der Waals surface area contributed by atoms with Crippen LogP contribution < -0.4 is 4.74 Å². The summed E-state index contributed by atoms with van der Waals surface area (Å²) >= 11 is 1.48. The lowest BCUT2D eigenvalue weighted by Crippen LogP contribution is -2.22. The number of aliphatic imine (C=N–C) groups is 1. The Morgan fingerprint density at radius 2 is 2.21 bits per heavy atom. The molecular weight excluding hydrogens is 331 g/mol. The molecular formula is C17H17FN2O3S. The van der Waals surface area contributed by atoms with Crippen molar-refractivity contribution in [3.8, 4) is 5.75 Å². The van der Waals surface area contributed by atoms with Crippen molar-refractivity contribution in [1.29, 1.82) is 0 Å². The number of aromatic nitrogens is 1. The van der Waals surface area contributed by atoms with Crippen LogP contribution in [0, 0.1) is 5.82 Å². The summed E-state index contributed by atoms with van der Waals surface area (Å²) in [4.78, 5) is 20.9. The highest BCUT2D eigenvalue weighted by Crippen LogP contribution is 2.33. The summed E-state index contributed by atoms with van der Waals surface area (Å²) in [5, 5.41) is 0. The van der Waals surface area contributed by atoms with Gasteiger partial charge >= 0.3 is 5.97 Å². The van der Waals surface area contributed by atoms with Crippen LogP contribution >= 0.6 is 11.8 Å². The molecule has 5 nitrogen and oxygen atoms in total. The normalized spacial score (nSPS) is 11.6. The van der Waals surface area contributed by atoms with Gasteiger partial charge in [-0.25, -0.2) is 9.18 Å². The quantitative estimate of drug-likeness (QED) is 0.431. The maximum atomic E-state index is 13.1. The second-order valence-electron chi connectivity index (χ2n) is 4.64. The number of benzene rings is 1. The van der Waals surface area contributed by atoms with Gasteiger partial charge in [0.25, 0.3) is 0 Å². The second-order valence-corrected chi connectivity index (χ2v) is 5.49. The Morgan fingerprint density at radius 3 is 2.79 bits per heavy atom. The van der Waals surface area contributed by atoms with E-state index in [4.69, 9.17) is 9.47 Å². The van der Waals surface area contributed by atoms with Crippen LogP contribution in [-0.4, -0.2) is 30.5 Å². The molecule has 0 saturated heterocycles. The van der Waals surface area contributed by atoms with E-state index in [-0.39, 0.29) is 12.3 Å². The van der Waals surface area contributed by atoms with Gasteiger partial charge in [0.1, 0.15) is 11.6 Å². The molecule has 0 radical (unpaired) electrons. The molecule has 1 heterocycles. The van der Waals surface area contributed by atoms with Crippen LogP contribution in [0.15, 0.2) is 46.4 Å². The molecule has 1 atom stereocenters. The number of rotatable bonds is 7. The topological polar surface area (TPSA) is 60.8 Å². The molecule has 7 heteroatoms. The van der Waals surface area contributed by atoms with E-state index in [0.717, 1.165) is 16.8 Å². The number of esters is 1. The van der Waals surface area contributed by atoms with Crippen molar-refractivity contribution in [3.63, 3.8) is 0 Å². The highest BCUT2D eigenvalue weighted by Gasteiger charge is 2.26. The van der Waals surface area contributed by atoms with Crippen LogP contribution in [0.1, 0.15) is 18.7 Å². The number of nitrogens with zero attached hydrogens (tertiary/aromatic N) is 2. The van der Waals surface area contributed by atoms with Crippen LogP contribution in [-0.2, 0) is 9.53 Å². The smallest absolute Gasteiger partial charge is 0.353 e. The Labute approximate surface area is 143 Å². The number of thioether (sulfide) groups is 1. The minimum absolute atomic E-state index is 0.204. The van der Waals surface area contributed by atoms with Crippen molar-refractivity contribution in [2.75, 3.05) is 12.9 Å². The van der Waals surface area contributed by atoms with E-state index in [9.17, 15) is 9.18 Å². The van der Waals surface area contributed by atoms with Gasteiger partial charge in [0, 0.05) is 4.90 Å². The summed E-state index contributed by atoms with van der Waals surface area (Å²) in [7, 11) is 0. The van der Waals surface area contributed by atoms with Crippen LogP contribution in [0.4, 0.5) is 10.1 Å². The van der Waals surface area contributed by atoms with E-state index in [1.54, 1.807) is 25.1 Å². The van der Waals surface area contributed by atoms with Gasteiger partial charge in [-0.2, -0.15) is 0 Å². The summed E-state index contributed by atoms with van der Waals surface area (Å²) in [5.41, 5.74) is 0.994. The molecule has 0 N–H and O–H groups in total. The average Bonchev–Trinajstić information content (AvgIpc) is 2.60. The maximum Gasteiger partial charge on any atom is 0.353 e. The molecule has 2 aromatic rings. The molecule has 2 rings (SSSR count). The van der Waals surface area contributed by atoms with Crippen LogP contribution in [0.5, 0.6) is 5.75 Å². The first-order valence-electron chi connectivity index (χ1n) is 7.18. The van der Waals surface area contributed by atoms with Crippen molar-refractivity contribution in [3.05, 3.63) is 48.0 Å². The van der Waals surface area contributed by atoms with Crippen LogP contribution in [0.25, 0.3) is 0 Å². The fourth-order valence-corrected chi connectivity index (χ4v) is 2.56. The molecule has 1 aromatic carbocycles. The minimum Gasteiger partial charge on any atom is -0.472 e. The van der Waals surface area contributed by atoms with E-state index < -0.39 is 17.9 Å². The Kier molecular flexibility index (Phi) is 6.31. The lowest BCUT2D eigenvalue weighted by molar-refractivity contribution is -0.152. The number of halogens is 1. The average molecular weight is 348 g/mol. The Morgan fingerprint density at radius 1 is 1.42 bits per heavy atom. The fourth-order valence-electron chi connectivity index (χ4n) is 1.99. The van der Waals surface area contributed by atoms with Crippen molar-refractivity contribution in [2.24, 2.45) is 4.99 Å². The lowest BCUT2D eigenvalue weighted by Gasteiger charge is -2.18. The second kappa shape index (κ2) is 8.44. The van der Waals surface area contributed by atoms with Crippen LogP contribution in [0.2, 0.25) is 0 Å². The summed E-state index contributed by atoms with van der Waals surface area (Å²) in [5.74, 6) is -0.628. The van der Waals surface area contributed by atoms with Gasteiger partial charge in [-0.15, -0.1) is 11.8 Å². The van der Waals surface area contributed by atoms with Gasteiger partial charge in [0.05, 0.1) is 24.2 Å². The Bertz CT molecular complexity index is 722. The van der Waals surface area contributed by atoms with Gasteiger partial charge in [0.15, 0.2) is 0 Å². The first-order chi connectivity index (χ1) is 11.6. The highest BCUT2D eigenvalue weighted by molar-refractivity contribution is 7.98. The van der Waals surface area contributed by atoms with E-state index in [1.165, 1.54) is 23.9 Å². The first kappa shape index (κ1) is 17.9. The van der Waals surface area contributed by atoms with Gasteiger partial charge in [-0.05, 0) is 50.2 Å². The predicted octanol–water partition coefficient (Wildman–Crippen LogP) is 3.96. The number of pyridine rings is 1. The van der Waals surface area contributed by atoms with Crippen molar-refractivity contribution in [1.82, 2.24) is 4.98 Å². The summed E-state index contributed by atoms with van der Waals surface area (Å²) in [6.45, 7) is 5.42. The third-order valence-electron chi connectivity index (χ3n) is 3.10. The lowest BCUT2D eigenvalue weighted by atomic mass is 10.2. The molecule has 0 spiro atoms. The summed E-state index contributed by atoms with van der Waals surface area (Å²) in [6, 6.07) is 7.79. The van der Waals surface area contributed by atoms with Crippen molar-refractivity contribution in [2.45, 2.75) is 17.9 Å². The summed E-state index contributed by atoms with van der Waals surface area (Å²) < 4.78 is 23.9. The monoisotopic (exact) mass is 348 g/mol. The number of hydrogen-bond acceptors (Lipinski definition) is 6. The first-order valence-corrected chi connectivity index (χ1v) is 8.41. The molecule has 1 unspecified atom stereocenters. The summed E-state index contributed by atoms with van der Waals surface area (Å²) in [6.07, 6.45) is 1.85. The molecule has 0 saturated carbocycles. The van der Waals surface area contributed by atoms with E-state index in [2.05, 4.69) is 16.7 Å². The molecule has 0 amide bonds. The van der Waals surface area contributed by atoms with Gasteiger partial charge in [-0.3, -0.25) is 9.98 Å². The zero-order valence-corrected chi connectivity index (χ0v) is 14.2. The predicted molar refractivity (Wildman–Crippen MR) is 91.6 cm³/mol. The number of carbonyl (C=O) groups excluding carboxylic acids is 1. The third kappa shape index (κ3) is 4.32. The zero-order valence-electron chi connectivity index (χ0n) is 13.4. The van der Waals surface area contributed by atoms with Crippen LogP contribution in [0.3, 0.4) is 0 Å². The number of carbonyl (C=O) groups is 1. The Hall–Kier alpha value is -2.41. The molecule has 0 aliphatic heterocycles. The highest BCUT2D eigenvalue weighted by atomic mass is 32.2. The van der Waals surface area contributed by atoms with E-state index >= 15 is 0 Å². The van der Waals surface area contributed by atoms with Gasteiger partial charge in [0.2, 0.25) is 6.10 Å². The Balaban J connectivity index is 2.32. The molecule has 126 valence electrons. The van der Waals surface area contributed by atoms with Crippen molar-refractivity contribution < 1.29 is 18.7 Å². The van der Waals surface area contributed by atoms with Gasteiger partial charge < -0.3 is 9.47 Å². The largest absolute Gasteiger partial charge is 0.472 e. The fraction of sp³-hybridized carbons (Fsp3) is 0.235. The maximum absolute atomic E-state index is 13.1. The molecule has 1 aromatic heterocycles. The van der Waals surface area contributed by atoms with E-state index in [1.807, 2.05) is 6.26 Å². The zero-order chi connectivity index (χ0) is 17.5. The van der Waals surface area contributed by atoms with Gasteiger partial charge in [-0.1, -0.05) is 0 Å². The number of hydrogen-bond donors (Lipinski definition) is 0. The molecule has 0 aliphatic carbocycles. The number of ether oxygens (including phenoxy) is 2. The van der Waals surface area contributed by atoms with E-state index in [0.29, 0.717) is 5.75 Å². The minimum atomic E-state index is -1.08. The molecule has 24 heavy (non-hydrogen) atoms. The molecule has 0 aliphatic rings. The van der Waals surface area contributed by atoms with Crippen molar-refractivity contribution >= 4 is 30.1 Å².